The molecule has 1 aromatic rings. The fourth-order valence-corrected chi connectivity index (χ4v) is 2.61. The van der Waals surface area contributed by atoms with Crippen molar-refractivity contribution in [2.75, 3.05) is 51.3 Å². The zero-order valence-corrected chi connectivity index (χ0v) is 15.7. The largest absolute Gasteiger partial charge is 0.379 e. The minimum absolute atomic E-state index is 0.105. The standard InChI is InChI=1S/C19H30N4O3/c1-15(2)7-8-21-19(25)22-17-5-3-16(4-6-17)18(24)20-9-10-23-11-13-26-14-12-23/h3-6,15H,7-14H2,1-2H3,(H,20,24)(H2,21,22,25). The number of amides is 3. The number of nitrogens with zero attached hydrogens (tertiary/aromatic N) is 1. The Morgan fingerprint density at radius 2 is 1.77 bits per heavy atom. The van der Waals surface area contributed by atoms with Gasteiger partial charge in [0, 0.05) is 44.0 Å². The van der Waals surface area contributed by atoms with E-state index in [9.17, 15) is 9.59 Å². The first-order chi connectivity index (χ1) is 12.5. The number of rotatable bonds is 8. The molecule has 7 nitrogen and oxygen atoms in total. The monoisotopic (exact) mass is 362 g/mol. The highest BCUT2D eigenvalue weighted by Gasteiger charge is 2.11. The average molecular weight is 362 g/mol. The minimum Gasteiger partial charge on any atom is -0.379 e. The number of carbonyl (C=O) groups excluding carboxylic acids is 2. The second-order valence-electron chi connectivity index (χ2n) is 6.85. The van der Waals surface area contributed by atoms with Crippen molar-refractivity contribution in [2.45, 2.75) is 20.3 Å². The number of anilines is 1. The van der Waals surface area contributed by atoms with Crippen molar-refractivity contribution < 1.29 is 14.3 Å². The fourth-order valence-electron chi connectivity index (χ4n) is 2.61. The lowest BCUT2D eigenvalue weighted by molar-refractivity contribution is 0.0383. The number of urea groups is 1. The van der Waals surface area contributed by atoms with Gasteiger partial charge in [0.05, 0.1) is 13.2 Å². The lowest BCUT2D eigenvalue weighted by Gasteiger charge is -2.26. The maximum Gasteiger partial charge on any atom is 0.319 e. The second kappa shape index (κ2) is 10.8. The number of ether oxygens (including phenoxy) is 1. The third-order valence-electron chi connectivity index (χ3n) is 4.23. The summed E-state index contributed by atoms with van der Waals surface area (Å²) < 4.78 is 5.30. The van der Waals surface area contributed by atoms with Crippen LogP contribution in [0.15, 0.2) is 24.3 Å². The number of hydrogen-bond donors (Lipinski definition) is 3. The van der Waals surface area contributed by atoms with Crippen LogP contribution in [0.5, 0.6) is 0 Å². The lowest BCUT2D eigenvalue weighted by atomic mass is 10.1. The van der Waals surface area contributed by atoms with Gasteiger partial charge in [-0.1, -0.05) is 13.8 Å². The Balaban J connectivity index is 1.70. The zero-order chi connectivity index (χ0) is 18.8. The molecule has 1 aromatic carbocycles. The topological polar surface area (TPSA) is 82.7 Å². The van der Waals surface area contributed by atoms with Crippen LogP contribution in [0, 0.1) is 5.92 Å². The summed E-state index contributed by atoms with van der Waals surface area (Å²) in [6.07, 6.45) is 0.941. The summed E-state index contributed by atoms with van der Waals surface area (Å²) in [6.45, 7) is 9.65. The molecule has 3 amide bonds. The summed E-state index contributed by atoms with van der Waals surface area (Å²) in [5, 5.41) is 8.51. The fraction of sp³-hybridized carbons (Fsp3) is 0.579. The maximum atomic E-state index is 12.2. The first-order valence-electron chi connectivity index (χ1n) is 9.28. The van der Waals surface area contributed by atoms with E-state index in [1.165, 1.54) is 0 Å². The highest BCUT2D eigenvalue weighted by molar-refractivity contribution is 5.95. The van der Waals surface area contributed by atoms with E-state index in [1.54, 1.807) is 24.3 Å². The van der Waals surface area contributed by atoms with Gasteiger partial charge in [-0.3, -0.25) is 9.69 Å². The Morgan fingerprint density at radius 1 is 1.08 bits per heavy atom. The van der Waals surface area contributed by atoms with Gasteiger partial charge in [-0.15, -0.1) is 0 Å². The summed E-state index contributed by atoms with van der Waals surface area (Å²) >= 11 is 0. The molecule has 144 valence electrons. The van der Waals surface area contributed by atoms with Gasteiger partial charge in [-0.05, 0) is 36.6 Å². The van der Waals surface area contributed by atoms with E-state index in [0.29, 0.717) is 30.3 Å². The van der Waals surface area contributed by atoms with Crippen molar-refractivity contribution in [1.82, 2.24) is 15.5 Å². The number of carbonyl (C=O) groups is 2. The van der Waals surface area contributed by atoms with Crippen molar-refractivity contribution in [2.24, 2.45) is 5.92 Å². The van der Waals surface area contributed by atoms with Gasteiger partial charge < -0.3 is 20.7 Å². The molecule has 1 aliphatic heterocycles. The molecule has 0 aromatic heterocycles. The van der Waals surface area contributed by atoms with Crippen molar-refractivity contribution in [3.63, 3.8) is 0 Å². The number of hydrogen-bond acceptors (Lipinski definition) is 4. The zero-order valence-electron chi connectivity index (χ0n) is 15.7. The van der Waals surface area contributed by atoms with Gasteiger partial charge >= 0.3 is 6.03 Å². The minimum atomic E-state index is -0.228. The molecule has 0 spiro atoms. The van der Waals surface area contributed by atoms with Gasteiger partial charge in [0.2, 0.25) is 0 Å². The second-order valence-corrected chi connectivity index (χ2v) is 6.85. The first-order valence-corrected chi connectivity index (χ1v) is 9.28. The molecule has 1 aliphatic rings. The predicted octanol–water partition coefficient (Wildman–Crippen LogP) is 1.92. The number of morpholine rings is 1. The maximum absolute atomic E-state index is 12.2. The van der Waals surface area contributed by atoms with Gasteiger partial charge in [0.15, 0.2) is 0 Å². The third-order valence-corrected chi connectivity index (χ3v) is 4.23. The first kappa shape index (κ1) is 20.2. The summed E-state index contributed by atoms with van der Waals surface area (Å²) in [4.78, 5) is 26.2. The van der Waals surface area contributed by atoms with Gasteiger partial charge in [-0.2, -0.15) is 0 Å². The third kappa shape index (κ3) is 7.41. The summed E-state index contributed by atoms with van der Waals surface area (Å²) in [6, 6.07) is 6.67. The molecular weight excluding hydrogens is 332 g/mol. The Morgan fingerprint density at radius 3 is 2.42 bits per heavy atom. The van der Waals surface area contributed by atoms with Crippen molar-refractivity contribution in [1.29, 1.82) is 0 Å². The van der Waals surface area contributed by atoms with E-state index in [1.807, 2.05) is 0 Å². The molecule has 3 N–H and O–H groups in total. The van der Waals surface area contributed by atoms with Crippen LogP contribution in [-0.4, -0.2) is 62.8 Å². The van der Waals surface area contributed by atoms with Crippen molar-refractivity contribution >= 4 is 17.6 Å². The SMILES string of the molecule is CC(C)CCNC(=O)Nc1ccc(C(=O)NCCN2CCOCC2)cc1. The van der Waals surface area contributed by atoms with Gasteiger partial charge in [-0.25, -0.2) is 4.79 Å². The van der Waals surface area contributed by atoms with Crippen LogP contribution in [0.2, 0.25) is 0 Å². The molecule has 1 fully saturated rings. The molecule has 26 heavy (non-hydrogen) atoms. The van der Waals surface area contributed by atoms with Gasteiger partial charge in [0.1, 0.15) is 0 Å². The molecule has 7 heteroatoms. The molecule has 2 rings (SSSR count). The smallest absolute Gasteiger partial charge is 0.319 e. The Kier molecular flexibility index (Phi) is 8.37. The number of nitrogens with one attached hydrogen (secondary N) is 3. The lowest BCUT2D eigenvalue weighted by Crippen LogP contribution is -2.41. The molecule has 0 radical (unpaired) electrons. The predicted molar refractivity (Wildman–Crippen MR) is 103 cm³/mol. The van der Waals surface area contributed by atoms with E-state index < -0.39 is 0 Å². The average Bonchev–Trinajstić information content (AvgIpc) is 2.63. The van der Waals surface area contributed by atoms with Crippen molar-refractivity contribution in [3.05, 3.63) is 29.8 Å². The van der Waals surface area contributed by atoms with E-state index in [0.717, 1.165) is 39.3 Å². The van der Waals surface area contributed by atoms with Crippen LogP contribution in [-0.2, 0) is 4.74 Å². The van der Waals surface area contributed by atoms with E-state index in [4.69, 9.17) is 4.74 Å². The van der Waals surface area contributed by atoms with Crippen LogP contribution in [0.3, 0.4) is 0 Å². The van der Waals surface area contributed by atoms with Gasteiger partial charge in [0.25, 0.3) is 5.91 Å². The molecule has 0 aliphatic carbocycles. The highest BCUT2D eigenvalue weighted by Crippen LogP contribution is 2.09. The summed E-state index contributed by atoms with van der Waals surface area (Å²) in [7, 11) is 0. The number of benzene rings is 1. The molecule has 1 heterocycles. The Hall–Kier alpha value is -2.12. The van der Waals surface area contributed by atoms with Crippen molar-refractivity contribution in [3.8, 4) is 0 Å². The quantitative estimate of drug-likeness (QED) is 0.660. The molecule has 1 saturated heterocycles. The molecule has 0 bridgehead atoms. The van der Waals surface area contributed by atoms with Crippen LogP contribution in [0.4, 0.5) is 10.5 Å². The van der Waals surface area contributed by atoms with Crippen LogP contribution in [0.1, 0.15) is 30.6 Å². The van der Waals surface area contributed by atoms with Crippen LogP contribution >= 0.6 is 0 Å². The normalized spacial score (nSPS) is 14.9. The summed E-state index contributed by atoms with van der Waals surface area (Å²) in [5.74, 6) is 0.447. The molecule has 0 unspecified atom stereocenters. The molecular formula is C19H30N4O3. The van der Waals surface area contributed by atoms with E-state index in [-0.39, 0.29) is 11.9 Å². The molecule has 0 atom stereocenters. The molecule has 0 saturated carbocycles. The Bertz CT molecular complexity index is 569. The van der Waals surface area contributed by atoms with E-state index in [2.05, 4.69) is 34.7 Å². The van der Waals surface area contributed by atoms with Crippen LogP contribution in [0.25, 0.3) is 0 Å². The Labute approximate surface area is 155 Å². The highest BCUT2D eigenvalue weighted by atomic mass is 16.5. The van der Waals surface area contributed by atoms with Crippen LogP contribution < -0.4 is 16.0 Å². The summed E-state index contributed by atoms with van der Waals surface area (Å²) in [5.41, 5.74) is 1.25. The van der Waals surface area contributed by atoms with E-state index >= 15 is 0 Å².